The number of anilines is 3. The first-order chi connectivity index (χ1) is 15.9. The van der Waals surface area contributed by atoms with Gasteiger partial charge in [-0.15, -0.1) is 0 Å². The zero-order valence-electron chi connectivity index (χ0n) is 18.7. The van der Waals surface area contributed by atoms with Crippen molar-refractivity contribution in [2.45, 2.75) is 32.7 Å². The lowest BCUT2D eigenvalue weighted by Crippen LogP contribution is -2.40. The Hall–Kier alpha value is -4.08. The normalized spacial score (nSPS) is 15.8. The third kappa shape index (κ3) is 3.73. The van der Waals surface area contributed by atoms with Crippen molar-refractivity contribution in [3.05, 3.63) is 48.1 Å². The molecule has 1 aliphatic rings. The van der Waals surface area contributed by atoms with Gasteiger partial charge >= 0.3 is 0 Å². The monoisotopic (exact) mass is 447 g/mol. The number of nitrogens with two attached hydrogens (primary N) is 1. The molecule has 5 rings (SSSR count). The molecule has 1 fully saturated rings. The summed E-state index contributed by atoms with van der Waals surface area (Å²) in [5, 5.41) is 3.17. The smallest absolute Gasteiger partial charge is 0.240 e. The van der Waals surface area contributed by atoms with E-state index < -0.39 is 6.04 Å². The topological polar surface area (TPSA) is 124 Å². The first kappa shape index (κ1) is 20.8. The number of ether oxygens (including phenoxy) is 1. The van der Waals surface area contributed by atoms with Crippen LogP contribution in [0.15, 0.2) is 41.4 Å². The molecule has 33 heavy (non-hydrogen) atoms. The Balaban J connectivity index is 1.47. The van der Waals surface area contributed by atoms with Gasteiger partial charge in [0.25, 0.3) is 0 Å². The maximum atomic E-state index is 11.9. The van der Waals surface area contributed by atoms with Gasteiger partial charge in [-0.2, -0.15) is 4.98 Å². The molecule has 1 atom stereocenters. The number of imidazole rings is 1. The number of primary amides is 1. The molecule has 0 saturated carbocycles. The highest BCUT2D eigenvalue weighted by Crippen LogP contribution is 2.32. The van der Waals surface area contributed by atoms with Crippen molar-refractivity contribution < 1.29 is 13.9 Å². The number of furan rings is 1. The number of aromatic nitrogens is 4. The second kappa shape index (κ2) is 8.12. The molecule has 0 unspecified atom stereocenters. The van der Waals surface area contributed by atoms with Gasteiger partial charge in [-0.3, -0.25) is 4.79 Å². The third-order valence-corrected chi connectivity index (χ3v) is 6.08. The van der Waals surface area contributed by atoms with Gasteiger partial charge in [0.1, 0.15) is 23.6 Å². The summed E-state index contributed by atoms with van der Waals surface area (Å²) in [4.78, 5) is 27.5. The molecule has 0 aliphatic carbocycles. The number of aryl methyl sites for hydroxylation is 1. The van der Waals surface area contributed by atoms with E-state index >= 15 is 0 Å². The van der Waals surface area contributed by atoms with E-state index in [1.165, 1.54) is 0 Å². The maximum absolute atomic E-state index is 11.9. The average Bonchev–Trinajstić information content (AvgIpc) is 3.55. The molecular formula is C23H25N7O3. The average molecular weight is 447 g/mol. The van der Waals surface area contributed by atoms with Gasteiger partial charge < -0.3 is 29.7 Å². The largest absolute Gasteiger partial charge is 0.496 e. The number of nitrogens with zero attached hydrogens (tertiary/aromatic N) is 5. The summed E-state index contributed by atoms with van der Waals surface area (Å²) in [6, 6.07) is 5.39. The third-order valence-electron chi connectivity index (χ3n) is 6.08. The Kier molecular flexibility index (Phi) is 5.12. The van der Waals surface area contributed by atoms with Gasteiger partial charge in [0, 0.05) is 18.7 Å². The van der Waals surface area contributed by atoms with Crippen molar-refractivity contribution in [1.82, 2.24) is 19.5 Å². The van der Waals surface area contributed by atoms with E-state index in [9.17, 15) is 4.79 Å². The number of rotatable bonds is 6. The number of nitrogens with one attached hydrogen (secondary N) is 1. The quantitative estimate of drug-likeness (QED) is 0.462. The van der Waals surface area contributed by atoms with Gasteiger partial charge in [-0.25, -0.2) is 9.97 Å². The summed E-state index contributed by atoms with van der Waals surface area (Å²) >= 11 is 0. The van der Waals surface area contributed by atoms with E-state index in [0.717, 1.165) is 29.0 Å². The van der Waals surface area contributed by atoms with E-state index in [-0.39, 0.29) is 5.91 Å². The Morgan fingerprint density at radius 3 is 2.94 bits per heavy atom. The van der Waals surface area contributed by atoms with E-state index in [4.69, 9.17) is 14.9 Å². The molecule has 0 bridgehead atoms. The second-order valence-corrected chi connectivity index (χ2v) is 8.14. The molecule has 4 heterocycles. The number of carbonyl (C=O) groups is 1. The molecule has 10 heteroatoms. The molecule has 170 valence electrons. The highest BCUT2D eigenvalue weighted by molar-refractivity contribution is 5.90. The lowest BCUT2D eigenvalue weighted by molar-refractivity contribution is -0.119. The van der Waals surface area contributed by atoms with Crippen molar-refractivity contribution in [2.24, 2.45) is 5.73 Å². The molecule has 4 aromatic rings. The second-order valence-electron chi connectivity index (χ2n) is 8.14. The Bertz CT molecular complexity index is 1340. The minimum absolute atomic E-state index is 0.358. The van der Waals surface area contributed by atoms with Crippen LogP contribution in [-0.2, 0) is 4.79 Å². The summed E-state index contributed by atoms with van der Waals surface area (Å²) in [6.07, 6.45) is 6.67. The van der Waals surface area contributed by atoms with Crippen LogP contribution in [0.3, 0.4) is 0 Å². The summed E-state index contributed by atoms with van der Waals surface area (Å²) in [6.45, 7) is 4.75. The Labute approximate surface area is 190 Å². The van der Waals surface area contributed by atoms with Crippen LogP contribution in [0.1, 0.15) is 24.0 Å². The SMILES string of the molecule is COc1cc(-n2cnc(Nc3nc(N4CCC[C@H]4C(N)=O)c4occc4n3)c2)cc(C)c1C. The van der Waals surface area contributed by atoms with Crippen LogP contribution in [0, 0.1) is 13.8 Å². The van der Waals surface area contributed by atoms with Crippen molar-refractivity contribution in [2.75, 3.05) is 23.9 Å². The van der Waals surface area contributed by atoms with E-state index in [2.05, 4.69) is 26.3 Å². The van der Waals surface area contributed by atoms with Crippen molar-refractivity contribution in [3.8, 4) is 11.4 Å². The molecular weight excluding hydrogens is 422 g/mol. The van der Waals surface area contributed by atoms with Crippen LogP contribution in [0.2, 0.25) is 0 Å². The van der Waals surface area contributed by atoms with E-state index in [0.29, 0.717) is 41.6 Å². The van der Waals surface area contributed by atoms with E-state index in [1.807, 2.05) is 35.6 Å². The molecule has 3 aromatic heterocycles. The standard InChI is InChI=1S/C23H25N7O3/c1-13-9-15(10-18(32-3)14(13)2)29-11-19(25-12-29)27-23-26-16-6-8-33-20(16)22(28-23)30-7-4-5-17(30)21(24)31/h6,8-12,17H,4-5,7H2,1-3H3,(H2,24,31)(H,26,27,28)/t17-/m0/s1. The van der Waals surface area contributed by atoms with Gasteiger partial charge in [-0.05, 0) is 43.9 Å². The summed E-state index contributed by atoms with van der Waals surface area (Å²) in [7, 11) is 1.66. The van der Waals surface area contributed by atoms with Crippen LogP contribution in [0.25, 0.3) is 16.8 Å². The molecule has 0 spiro atoms. The molecule has 1 saturated heterocycles. The van der Waals surface area contributed by atoms with Crippen LogP contribution >= 0.6 is 0 Å². The number of hydrogen-bond donors (Lipinski definition) is 2. The van der Waals surface area contributed by atoms with Crippen LogP contribution in [0.5, 0.6) is 5.75 Å². The fraction of sp³-hybridized carbons (Fsp3) is 0.304. The highest BCUT2D eigenvalue weighted by atomic mass is 16.5. The van der Waals surface area contributed by atoms with Crippen molar-refractivity contribution >= 4 is 34.6 Å². The Morgan fingerprint density at radius 1 is 1.30 bits per heavy atom. The molecule has 3 N–H and O–H groups in total. The van der Waals surface area contributed by atoms with Gasteiger partial charge in [0.05, 0.1) is 25.3 Å². The van der Waals surface area contributed by atoms with Gasteiger partial charge in [0.2, 0.25) is 11.9 Å². The molecule has 1 aliphatic heterocycles. The molecule has 1 amide bonds. The minimum atomic E-state index is -0.417. The highest BCUT2D eigenvalue weighted by Gasteiger charge is 2.32. The number of hydrogen-bond acceptors (Lipinski definition) is 8. The number of fused-ring (bicyclic) bond motifs is 1. The van der Waals surface area contributed by atoms with Gasteiger partial charge in [-0.1, -0.05) is 0 Å². The lowest BCUT2D eigenvalue weighted by atomic mass is 10.1. The summed E-state index contributed by atoms with van der Waals surface area (Å²) in [5.41, 5.74) is 9.94. The van der Waals surface area contributed by atoms with Crippen molar-refractivity contribution in [1.29, 1.82) is 0 Å². The number of methoxy groups -OCH3 is 1. The summed E-state index contributed by atoms with van der Waals surface area (Å²) in [5.74, 6) is 1.93. The minimum Gasteiger partial charge on any atom is -0.496 e. The van der Waals surface area contributed by atoms with Crippen LogP contribution in [-0.4, -0.2) is 45.1 Å². The predicted octanol–water partition coefficient (Wildman–Crippen LogP) is 3.23. The fourth-order valence-electron chi connectivity index (χ4n) is 4.23. The van der Waals surface area contributed by atoms with Crippen LogP contribution in [0.4, 0.5) is 17.6 Å². The zero-order valence-corrected chi connectivity index (χ0v) is 18.7. The van der Waals surface area contributed by atoms with Crippen molar-refractivity contribution in [3.63, 3.8) is 0 Å². The number of benzene rings is 1. The fourth-order valence-corrected chi connectivity index (χ4v) is 4.23. The predicted molar refractivity (Wildman–Crippen MR) is 124 cm³/mol. The van der Waals surface area contributed by atoms with Crippen LogP contribution < -0.4 is 20.7 Å². The zero-order chi connectivity index (χ0) is 23.1. The summed E-state index contributed by atoms with van der Waals surface area (Å²) < 4.78 is 13.0. The number of amides is 1. The van der Waals surface area contributed by atoms with Gasteiger partial charge in [0.15, 0.2) is 17.2 Å². The first-order valence-electron chi connectivity index (χ1n) is 10.7. The number of carbonyl (C=O) groups excluding carboxylic acids is 1. The molecule has 10 nitrogen and oxygen atoms in total. The van der Waals surface area contributed by atoms with E-state index in [1.54, 1.807) is 25.8 Å². The Morgan fingerprint density at radius 2 is 2.15 bits per heavy atom. The maximum Gasteiger partial charge on any atom is 0.240 e. The lowest BCUT2D eigenvalue weighted by Gasteiger charge is -2.23. The molecule has 1 aromatic carbocycles. The molecule has 0 radical (unpaired) electrons. The first-order valence-corrected chi connectivity index (χ1v) is 10.7.